The van der Waals surface area contributed by atoms with E-state index in [1.807, 2.05) is 24.3 Å². The van der Waals surface area contributed by atoms with Crippen molar-refractivity contribution in [1.29, 1.82) is 0 Å². The van der Waals surface area contributed by atoms with E-state index in [0.717, 1.165) is 11.1 Å². The van der Waals surface area contributed by atoms with Gasteiger partial charge in [0, 0.05) is 59.1 Å². The van der Waals surface area contributed by atoms with Gasteiger partial charge in [-0.3, -0.25) is 0 Å². The van der Waals surface area contributed by atoms with Gasteiger partial charge in [-0.2, -0.15) is 0 Å². The Morgan fingerprint density at radius 1 is 1.00 bits per heavy atom. The Morgan fingerprint density at radius 2 is 1.45 bits per heavy atom. The number of benzene rings is 1. The molecule has 6 heteroatoms. The van der Waals surface area contributed by atoms with Gasteiger partial charge in [0.05, 0.1) is 11.1 Å². The molecule has 0 aliphatic heterocycles. The first-order valence-corrected chi connectivity index (χ1v) is 6.69. The molecule has 2 rings (SSSR count). The minimum atomic E-state index is -1.13. The fraction of sp³-hybridized carbons (Fsp3) is 0.375. The molecular weight excluding hydrogens is 302 g/mol. The van der Waals surface area contributed by atoms with Gasteiger partial charge in [0.25, 0.3) is 0 Å². The average Bonchev–Trinajstić information content (AvgIpc) is 2.77. The summed E-state index contributed by atoms with van der Waals surface area (Å²) in [7, 11) is 0. The molecule has 0 unspecified atom stereocenters. The Balaban J connectivity index is 0.00000220. The van der Waals surface area contributed by atoms with Gasteiger partial charge >= 0.3 is 11.9 Å². The summed E-state index contributed by atoms with van der Waals surface area (Å²) in [5.41, 5.74) is 2.31. The second-order valence-electron chi connectivity index (χ2n) is 5.47. The van der Waals surface area contributed by atoms with Gasteiger partial charge in [-0.05, 0) is 35.8 Å². The van der Waals surface area contributed by atoms with Crippen LogP contribution in [0.4, 0.5) is 0 Å². The summed E-state index contributed by atoms with van der Waals surface area (Å²) >= 11 is 0. The van der Waals surface area contributed by atoms with E-state index in [9.17, 15) is 19.8 Å². The van der Waals surface area contributed by atoms with Crippen LogP contribution in [-0.4, -0.2) is 81.3 Å². The van der Waals surface area contributed by atoms with E-state index < -0.39 is 11.9 Å². The second kappa shape index (κ2) is 9.26. The van der Waals surface area contributed by atoms with Gasteiger partial charge in [0.1, 0.15) is 0 Å². The topological polar surface area (TPSA) is 74.6 Å². The maximum atomic E-state index is 11.6. The number of rotatable bonds is 4. The quantitative estimate of drug-likeness (QED) is 0.655. The van der Waals surface area contributed by atoms with E-state index in [0.29, 0.717) is 12.8 Å². The summed E-state index contributed by atoms with van der Waals surface area (Å²) in [6, 6.07) is 7.80. The molecule has 108 valence electrons. The van der Waals surface area contributed by atoms with Gasteiger partial charge in [0.2, 0.25) is 0 Å². The van der Waals surface area contributed by atoms with Crippen molar-refractivity contribution in [2.24, 2.45) is 11.8 Å². The molecule has 4 nitrogen and oxygen atoms in total. The Morgan fingerprint density at radius 3 is 1.77 bits per heavy atom. The number of fused-ring (bicyclic) bond motifs is 1. The zero-order chi connectivity index (χ0) is 14.9. The van der Waals surface area contributed by atoms with Crippen LogP contribution < -0.4 is 0 Å². The van der Waals surface area contributed by atoms with Crippen LogP contribution >= 0.6 is 0 Å². The minimum Gasteiger partial charge on any atom is -0.478 e. The summed E-state index contributed by atoms with van der Waals surface area (Å²) in [4.78, 5) is 23.0. The van der Waals surface area contributed by atoms with Crippen LogP contribution in [0.5, 0.6) is 0 Å². The van der Waals surface area contributed by atoms with Crippen molar-refractivity contribution >= 4 is 71.1 Å². The van der Waals surface area contributed by atoms with Gasteiger partial charge in [-0.1, -0.05) is 38.1 Å². The van der Waals surface area contributed by atoms with Crippen molar-refractivity contribution in [1.82, 2.24) is 0 Å². The predicted molar refractivity (Wildman–Crippen MR) is 86.0 cm³/mol. The fourth-order valence-corrected chi connectivity index (χ4v) is 2.95. The van der Waals surface area contributed by atoms with Crippen molar-refractivity contribution in [3.63, 3.8) is 0 Å². The predicted octanol–water partition coefficient (Wildman–Crippen LogP) is 1.76. The second-order valence-corrected chi connectivity index (χ2v) is 5.47. The zero-order valence-corrected chi connectivity index (χ0v) is 17.6. The number of carboxylic acids is 2. The Hall–Kier alpha value is -0.1000. The van der Waals surface area contributed by atoms with Crippen molar-refractivity contribution in [3.8, 4) is 0 Å². The van der Waals surface area contributed by atoms with Crippen molar-refractivity contribution < 1.29 is 19.8 Å². The first-order chi connectivity index (χ1) is 9.41. The molecule has 0 atom stereocenters. The van der Waals surface area contributed by atoms with Gasteiger partial charge in [-0.25, -0.2) is 9.59 Å². The molecule has 0 aromatic heterocycles. The molecule has 1 aromatic carbocycles. The number of hydrogen-bond donors (Lipinski definition) is 2. The third-order valence-electron chi connectivity index (χ3n) is 3.79. The molecule has 2 radical (unpaired) electrons. The molecule has 0 saturated heterocycles. The summed E-state index contributed by atoms with van der Waals surface area (Å²) < 4.78 is 0. The van der Waals surface area contributed by atoms with E-state index in [4.69, 9.17) is 0 Å². The van der Waals surface area contributed by atoms with E-state index in [1.165, 1.54) is 0 Å². The van der Waals surface area contributed by atoms with Crippen LogP contribution in [0.25, 0.3) is 0 Å². The Labute approximate surface area is 174 Å². The summed E-state index contributed by atoms with van der Waals surface area (Å²) in [6.07, 6.45) is 1.20. The van der Waals surface area contributed by atoms with Crippen molar-refractivity contribution in [3.05, 3.63) is 46.5 Å². The molecule has 22 heavy (non-hydrogen) atoms. The molecule has 1 aliphatic rings. The zero-order valence-electron chi connectivity index (χ0n) is 13.6. The maximum Gasteiger partial charge on any atom is 0.332 e. The number of aliphatic carboxylic acids is 2. The summed E-state index contributed by atoms with van der Waals surface area (Å²) in [5.74, 6) is -2.82. The molecule has 0 fully saturated rings. The van der Waals surface area contributed by atoms with E-state index in [1.54, 1.807) is 13.8 Å². The van der Waals surface area contributed by atoms with Gasteiger partial charge < -0.3 is 10.2 Å². The maximum absolute atomic E-state index is 11.6. The standard InChI is InChI=1S/C16H18O4.2Na/c1-9(2)13(15(17)18)14(16(19)20)12-7-10-5-3-4-6-11(10)8-12;;/h3-6,9,12H,7-8H2,1-2H3,(H,17,18)(H,19,20);;/b14-13-;;. The molecular formula is C16H18Na2O4. The van der Waals surface area contributed by atoms with Crippen LogP contribution in [0, 0.1) is 11.8 Å². The molecule has 0 spiro atoms. The number of carboxylic acid groups (broad SMARTS) is 2. The summed E-state index contributed by atoms with van der Waals surface area (Å²) in [6.45, 7) is 3.43. The monoisotopic (exact) mass is 320 g/mol. The third-order valence-corrected chi connectivity index (χ3v) is 3.79. The van der Waals surface area contributed by atoms with Gasteiger partial charge in [0.15, 0.2) is 0 Å². The molecule has 1 aromatic rings. The molecule has 0 amide bonds. The van der Waals surface area contributed by atoms with E-state index in [2.05, 4.69) is 0 Å². The summed E-state index contributed by atoms with van der Waals surface area (Å²) in [5, 5.41) is 18.8. The van der Waals surface area contributed by atoms with E-state index in [-0.39, 0.29) is 82.1 Å². The Kier molecular flexibility index (Phi) is 9.22. The first kappa shape index (κ1) is 21.9. The largest absolute Gasteiger partial charge is 0.478 e. The molecule has 0 bridgehead atoms. The average molecular weight is 320 g/mol. The minimum absolute atomic E-state index is 0. The third kappa shape index (κ3) is 4.70. The SMILES string of the molecule is CC(C)/C(C(=O)O)=C(/C(=O)O)C1Cc2ccccc2C1.[Na].[Na]. The first-order valence-electron chi connectivity index (χ1n) is 6.69. The fourth-order valence-electron chi connectivity index (χ4n) is 2.95. The van der Waals surface area contributed by atoms with Crippen LogP contribution in [0.3, 0.4) is 0 Å². The van der Waals surface area contributed by atoms with Gasteiger partial charge in [-0.15, -0.1) is 0 Å². The smallest absolute Gasteiger partial charge is 0.332 e. The van der Waals surface area contributed by atoms with Crippen molar-refractivity contribution in [2.45, 2.75) is 26.7 Å². The normalized spacial score (nSPS) is 14.5. The molecule has 2 N–H and O–H groups in total. The van der Waals surface area contributed by atoms with Crippen LogP contribution in [0.15, 0.2) is 35.4 Å². The van der Waals surface area contributed by atoms with E-state index >= 15 is 0 Å². The van der Waals surface area contributed by atoms with Crippen LogP contribution in [0.1, 0.15) is 25.0 Å². The van der Waals surface area contributed by atoms with Crippen LogP contribution in [0.2, 0.25) is 0 Å². The molecule has 0 heterocycles. The number of carbonyl (C=O) groups is 2. The van der Waals surface area contributed by atoms with Crippen LogP contribution in [-0.2, 0) is 22.4 Å². The molecule has 1 aliphatic carbocycles. The Bertz CT molecular complexity index is 569. The number of hydrogen-bond acceptors (Lipinski definition) is 2. The molecule has 0 saturated carbocycles. The van der Waals surface area contributed by atoms with Crippen molar-refractivity contribution in [2.75, 3.05) is 0 Å².